The van der Waals surface area contributed by atoms with Crippen LogP contribution in [0.1, 0.15) is 36.8 Å². The second-order valence-electron chi connectivity index (χ2n) is 8.90. The van der Waals surface area contributed by atoms with Crippen molar-refractivity contribution in [3.8, 4) is 11.8 Å². The van der Waals surface area contributed by atoms with Gasteiger partial charge in [0.1, 0.15) is 0 Å². The smallest absolute Gasteiger partial charge is 0.264 e. The molecule has 4 aromatic rings. The van der Waals surface area contributed by atoms with Gasteiger partial charge in [0.2, 0.25) is 11.8 Å². The molecule has 2 N–H and O–H groups in total. The molecule has 2 heterocycles. The summed E-state index contributed by atoms with van der Waals surface area (Å²) in [5.41, 5.74) is 4.10. The molecule has 0 radical (unpaired) electrons. The summed E-state index contributed by atoms with van der Waals surface area (Å²) in [7, 11) is 3.43. The highest BCUT2D eigenvalue weighted by Gasteiger charge is 2.16. The van der Waals surface area contributed by atoms with E-state index in [1.54, 1.807) is 23.2 Å². The molecule has 36 heavy (non-hydrogen) atoms. The number of rotatable bonds is 7. The predicted octanol–water partition coefficient (Wildman–Crippen LogP) is 6.18. The fraction of sp³-hybridized carbons (Fsp3) is 0.308. The van der Waals surface area contributed by atoms with Crippen molar-refractivity contribution in [1.82, 2.24) is 9.13 Å². The normalized spacial score (nSPS) is 12.0. The zero-order chi connectivity index (χ0) is 26.0. The fourth-order valence-electron chi connectivity index (χ4n) is 4.11. The van der Waals surface area contributed by atoms with Crippen LogP contribution < -0.4 is 0 Å². The molecular weight excluding hydrogens is 460 g/mol. The first-order valence-electron chi connectivity index (χ1n) is 11.6. The molecule has 10 heteroatoms. The zero-order valence-electron chi connectivity index (χ0n) is 20.7. The lowest BCUT2D eigenvalue weighted by molar-refractivity contribution is -0.120. The second kappa shape index (κ2) is 10.1. The second-order valence-corrected chi connectivity index (χ2v) is 8.90. The van der Waals surface area contributed by atoms with Crippen LogP contribution in [0.25, 0.3) is 21.8 Å². The Kier molecular flexibility index (Phi) is 6.96. The molecule has 4 rings (SSSR count). The van der Waals surface area contributed by atoms with Crippen molar-refractivity contribution >= 4 is 45.0 Å². The maximum absolute atomic E-state index is 12.2. The minimum Gasteiger partial charge on any atom is -0.493 e. The van der Waals surface area contributed by atoms with Gasteiger partial charge >= 0.3 is 0 Å². The number of fused-ring (bicyclic) bond motifs is 2. The maximum atomic E-state index is 12.2. The number of amides is 2. The minimum atomic E-state index is -0.441. The highest BCUT2D eigenvalue weighted by atomic mass is 16.3. The Bertz CT molecular complexity index is 1430. The van der Waals surface area contributed by atoms with E-state index in [4.69, 9.17) is 0 Å². The van der Waals surface area contributed by atoms with E-state index in [0.717, 1.165) is 32.9 Å². The summed E-state index contributed by atoms with van der Waals surface area (Å²) in [6.07, 6.45) is 1.08. The number of aromatic hydroxyl groups is 2. The van der Waals surface area contributed by atoms with Gasteiger partial charge in [0, 0.05) is 37.7 Å². The molecule has 10 nitrogen and oxygen atoms in total. The number of carbonyl (C=O) groups excluding carboxylic acids is 2. The molecule has 0 atom stereocenters. The summed E-state index contributed by atoms with van der Waals surface area (Å²) in [6.45, 7) is 3.87. The molecule has 0 saturated carbocycles. The number of benzene rings is 2. The van der Waals surface area contributed by atoms with E-state index in [1.807, 2.05) is 50.2 Å². The highest BCUT2D eigenvalue weighted by Crippen LogP contribution is 2.39. The number of nitrogens with zero attached hydrogens (tertiary/aromatic N) is 6. The van der Waals surface area contributed by atoms with E-state index in [2.05, 4.69) is 20.5 Å². The number of carbonyl (C=O) groups is 2. The van der Waals surface area contributed by atoms with Gasteiger partial charge in [-0.15, -0.1) is 20.5 Å². The molecule has 0 aliphatic heterocycles. The Hall–Kier alpha value is -4.34. The molecule has 0 saturated heterocycles. The van der Waals surface area contributed by atoms with E-state index >= 15 is 0 Å². The van der Waals surface area contributed by atoms with Crippen molar-refractivity contribution in [2.24, 2.45) is 34.6 Å². The zero-order valence-corrected chi connectivity index (χ0v) is 20.7. The predicted molar refractivity (Wildman–Crippen MR) is 136 cm³/mol. The van der Waals surface area contributed by atoms with Crippen LogP contribution in [0.5, 0.6) is 11.8 Å². The number of hydrogen-bond donors (Lipinski definition) is 2. The quantitative estimate of drug-likeness (QED) is 0.237. The number of hydrogen-bond acceptors (Lipinski definition) is 6. The van der Waals surface area contributed by atoms with E-state index in [9.17, 15) is 19.8 Å². The van der Waals surface area contributed by atoms with Crippen LogP contribution in [0.3, 0.4) is 0 Å². The number of unbranched alkanes of at least 4 members (excludes halogenated alkanes) is 1. The maximum Gasteiger partial charge on any atom is 0.264 e. The third kappa shape index (κ3) is 4.88. The molecule has 0 fully saturated rings. The molecule has 0 unspecified atom stereocenters. The van der Waals surface area contributed by atoms with Crippen LogP contribution in [-0.2, 0) is 23.7 Å². The molecule has 0 spiro atoms. The highest BCUT2D eigenvalue weighted by molar-refractivity contribution is 5.96. The van der Waals surface area contributed by atoms with Gasteiger partial charge in [0.05, 0.1) is 11.0 Å². The van der Waals surface area contributed by atoms with E-state index in [-0.39, 0.29) is 36.0 Å². The van der Waals surface area contributed by atoms with Crippen molar-refractivity contribution in [1.29, 1.82) is 0 Å². The average molecular weight is 489 g/mol. The molecule has 0 aliphatic carbocycles. The number of azo groups is 2. The van der Waals surface area contributed by atoms with Crippen molar-refractivity contribution in [3.63, 3.8) is 0 Å². The van der Waals surface area contributed by atoms with Gasteiger partial charge in [0.25, 0.3) is 11.8 Å². The Labute approximate surface area is 207 Å². The average Bonchev–Trinajstić information content (AvgIpc) is 3.22. The van der Waals surface area contributed by atoms with Gasteiger partial charge in [0.15, 0.2) is 11.4 Å². The third-order valence-corrected chi connectivity index (χ3v) is 6.15. The lowest BCUT2D eigenvalue weighted by Gasteiger charge is -1.96. The Balaban J connectivity index is 1.31. The van der Waals surface area contributed by atoms with Crippen LogP contribution in [-0.4, -0.2) is 31.2 Å². The molecule has 0 bridgehead atoms. The largest absolute Gasteiger partial charge is 0.493 e. The molecular formula is C26H28N6O4. The topological polar surface area (TPSA) is 134 Å². The summed E-state index contributed by atoms with van der Waals surface area (Å²) in [6, 6.07) is 11.4. The third-order valence-electron chi connectivity index (χ3n) is 6.15. The standard InChI is InChI=1S/C26H28N6O4/c1-15-9-11-19-17(13-15)23(25(35)31(19)3)29-27-21(33)7-5-6-8-22(34)28-30-24-18-14-16(2)10-12-20(18)32(4)26(24)36/h9-14,35-36H,5-8H2,1-4H3. The SMILES string of the molecule is Cc1ccc2c(c1)c(N=NC(=O)CCCCC(=O)N=Nc1c(O)n(C)c3ccc(C)cc13)c(O)n2C. The summed E-state index contributed by atoms with van der Waals surface area (Å²) in [5, 5.41) is 37.6. The Morgan fingerprint density at radius 3 is 1.50 bits per heavy atom. The van der Waals surface area contributed by atoms with E-state index in [0.29, 0.717) is 12.8 Å². The first-order valence-corrected chi connectivity index (χ1v) is 11.6. The van der Waals surface area contributed by atoms with Gasteiger partial charge in [-0.1, -0.05) is 23.3 Å². The van der Waals surface area contributed by atoms with Gasteiger partial charge in [-0.2, -0.15) is 0 Å². The molecule has 2 aromatic heterocycles. The van der Waals surface area contributed by atoms with Crippen molar-refractivity contribution in [2.75, 3.05) is 0 Å². The first kappa shape index (κ1) is 24.8. The Morgan fingerprint density at radius 1 is 0.722 bits per heavy atom. The number of aryl methyl sites for hydroxylation is 4. The molecule has 0 aliphatic rings. The van der Waals surface area contributed by atoms with Crippen LogP contribution in [0.15, 0.2) is 56.9 Å². The summed E-state index contributed by atoms with van der Waals surface area (Å²) in [5.74, 6) is -1.00. The monoisotopic (exact) mass is 488 g/mol. The van der Waals surface area contributed by atoms with Gasteiger partial charge in [-0.25, -0.2) is 0 Å². The summed E-state index contributed by atoms with van der Waals surface area (Å²) in [4.78, 5) is 24.4. The summed E-state index contributed by atoms with van der Waals surface area (Å²) >= 11 is 0. The van der Waals surface area contributed by atoms with Crippen LogP contribution in [0.4, 0.5) is 11.4 Å². The Morgan fingerprint density at radius 2 is 1.11 bits per heavy atom. The fourth-order valence-corrected chi connectivity index (χ4v) is 4.11. The van der Waals surface area contributed by atoms with Crippen molar-refractivity contribution < 1.29 is 19.8 Å². The number of aromatic nitrogens is 2. The lowest BCUT2D eigenvalue weighted by Crippen LogP contribution is -1.95. The molecule has 2 amide bonds. The van der Waals surface area contributed by atoms with Crippen LogP contribution in [0.2, 0.25) is 0 Å². The van der Waals surface area contributed by atoms with Crippen LogP contribution in [0, 0.1) is 13.8 Å². The minimum absolute atomic E-state index is 0.0597. The summed E-state index contributed by atoms with van der Waals surface area (Å²) < 4.78 is 3.18. The lowest BCUT2D eigenvalue weighted by atomic mass is 10.1. The molecule has 186 valence electrons. The van der Waals surface area contributed by atoms with Gasteiger partial charge in [-0.05, 0) is 51.0 Å². The van der Waals surface area contributed by atoms with E-state index in [1.165, 1.54) is 0 Å². The van der Waals surface area contributed by atoms with E-state index < -0.39 is 11.8 Å². The van der Waals surface area contributed by atoms with Crippen LogP contribution >= 0.6 is 0 Å². The van der Waals surface area contributed by atoms with Gasteiger partial charge in [-0.3, -0.25) is 9.59 Å². The van der Waals surface area contributed by atoms with Crippen molar-refractivity contribution in [2.45, 2.75) is 39.5 Å². The molecule has 2 aromatic carbocycles. The first-order chi connectivity index (χ1) is 17.2. The van der Waals surface area contributed by atoms with Crippen molar-refractivity contribution in [3.05, 3.63) is 47.5 Å². The van der Waals surface area contributed by atoms with Gasteiger partial charge < -0.3 is 19.3 Å².